The molecule has 4 rings (SSSR count). The fourth-order valence-corrected chi connectivity index (χ4v) is 3.92. The number of hydrogen-bond donors (Lipinski definition) is 0. The minimum absolute atomic E-state index is 0.0466. The summed E-state index contributed by atoms with van der Waals surface area (Å²) >= 11 is 6.34. The highest BCUT2D eigenvalue weighted by molar-refractivity contribution is 6.30. The highest BCUT2D eigenvalue weighted by Gasteiger charge is 2.34. The maximum atomic E-state index is 12.1. The number of pyridine rings is 1. The van der Waals surface area contributed by atoms with E-state index in [1.54, 1.807) is 26.5 Å². The van der Waals surface area contributed by atoms with Crippen molar-refractivity contribution in [3.8, 4) is 17.2 Å². The van der Waals surface area contributed by atoms with Gasteiger partial charge in [0.05, 0.1) is 39.1 Å². The highest BCUT2D eigenvalue weighted by atomic mass is 35.5. The average molecular weight is 429 g/mol. The molecule has 1 aromatic carbocycles. The van der Waals surface area contributed by atoms with Gasteiger partial charge in [-0.15, -0.1) is 0 Å². The summed E-state index contributed by atoms with van der Waals surface area (Å²) in [6.07, 6.45) is 2.38. The molecule has 0 saturated heterocycles. The number of benzene rings is 1. The summed E-state index contributed by atoms with van der Waals surface area (Å²) in [5.41, 5.74) is 3.03. The van der Waals surface area contributed by atoms with Gasteiger partial charge in [-0.25, -0.2) is 0 Å². The van der Waals surface area contributed by atoms with Crippen molar-refractivity contribution in [2.75, 3.05) is 21.3 Å². The summed E-state index contributed by atoms with van der Waals surface area (Å²) in [6.45, 7) is 0. The fraction of sp³-hybridized carbons (Fsp3) is 0.273. The van der Waals surface area contributed by atoms with Crippen molar-refractivity contribution in [2.24, 2.45) is 0 Å². The fourth-order valence-electron chi connectivity index (χ4n) is 3.74. The van der Waals surface area contributed by atoms with Crippen molar-refractivity contribution >= 4 is 17.6 Å². The predicted octanol–water partition coefficient (Wildman–Crippen LogP) is 4.27. The van der Waals surface area contributed by atoms with Crippen molar-refractivity contribution < 1.29 is 23.7 Å². The molecule has 1 aliphatic rings. The zero-order valence-corrected chi connectivity index (χ0v) is 17.6. The normalized spacial score (nSPS) is 17.5. The van der Waals surface area contributed by atoms with Crippen LogP contribution in [0.25, 0.3) is 5.69 Å². The van der Waals surface area contributed by atoms with Crippen LogP contribution in [0.4, 0.5) is 0 Å². The topological polar surface area (TPSA) is 71.8 Å². The third-order valence-electron chi connectivity index (χ3n) is 5.09. The number of rotatable bonds is 5. The number of nitrogens with zero attached hydrogens (tertiary/aromatic N) is 2. The van der Waals surface area contributed by atoms with Crippen molar-refractivity contribution in [3.63, 3.8) is 0 Å². The molecule has 2 atom stereocenters. The molecule has 0 N–H and O–H groups in total. The molecule has 0 saturated carbocycles. The van der Waals surface area contributed by atoms with Gasteiger partial charge in [0.1, 0.15) is 17.9 Å². The molecule has 0 fully saturated rings. The molecule has 0 radical (unpaired) electrons. The van der Waals surface area contributed by atoms with E-state index in [9.17, 15) is 4.79 Å². The van der Waals surface area contributed by atoms with E-state index in [4.69, 9.17) is 30.5 Å². The lowest BCUT2D eigenvalue weighted by atomic mass is 10.0. The van der Waals surface area contributed by atoms with E-state index in [0.29, 0.717) is 22.2 Å². The molecule has 0 unspecified atom stereocenters. The predicted molar refractivity (Wildman–Crippen MR) is 110 cm³/mol. The first-order chi connectivity index (χ1) is 14.6. The molecule has 7 nitrogen and oxygen atoms in total. The third-order valence-corrected chi connectivity index (χ3v) is 5.33. The number of aromatic nitrogens is 2. The zero-order chi connectivity index (χ0) is 21.3. The second-order valence-corrected chi connectivity index (χ2v) is 7.16. The third kappa shape index (κ3) is 3.51. The Morgan fingerprint density at radius 2 is 2.03 bits per heavy atom. The summed E-state index contributed by atoms with van der Waals surface area (Å²) in [5.74, 6) is 0.614. The summed E-state index contributed by atoms with van der Waals surface area (Å²) < 4.78 is 24.4. The van der Waals surface area contributed by atoms with Crippen molar-refractivity contribution in [1.29, 1.82) is 0 Å². The largest absolute Gasteiger partial charge is 0.493 e. The van der Waals surface area contributed by atoms with Gasteiger partial charge in [0, 0.05) is 29.0 Å². The van der Waals surface area contributed by atoms with Crippen LogP contribution in [0.15, 0.2) is 48.8 Å². The van der Waals surface area contributed by atoms with Crippen LogP contribution in [0.1, 0.15) is 35.6 Å². The van der Waals surface area contributed by atoms with E-state index >= 15 is 0 Å². The summed E-state index contributed by atoms with van der Waals surface area (Å²) in [5, 5.41) is 0.560. The Bertz CT molecular complexity index is 1080. The van der Waals surface area contributed by atoms with Gasteiger partial charge >= 0.3 is 5.97 Å². The van der Waals surface area contributed by atoms with Gasteiger partial charge in [-0.05, 0) is 30.3 Å². The van der Waals surface area contributed by atoms with Crippen molar-refractivity contribution in [2.45, 2.75) is 18.6 Å². The number of fused-ring (bicyclic) bond motifs is 3. The quantitative estimate of drug-likeness (QED) is 0.565. The van der Waals surface area contributed by atoms with Crippen LogP contribution in [0.5, 0.6) is 11.5 Å². The van der Waals surface area contributed by atoms with E-state index in [1.807, 2.05) is 41.1 Å². The van der Waals surface area contributed by atoms with Crippen LogP contribution in [0.3, 0.4) is 0 Å². The molecule has 1 aliphatic heterocycles. The van der Waals surface area contributed by atoms with E-state index in [1.165, 1.54) is 7.11 Å². The van der Waals surface area contributed by atoms with Gasteiger partial charge in [0.15, 0.2) is 11.5 Å². The number of carbonyl (C=O) groups excluding carboxylic acids is 1. The second kappa shape index (κ2) is 8.38. The van der Waals surface area contributed by atoms with Crippen LogP contribution in [-0.4, -0.2) is 36.8 Å². The van der Waals surface area contributed by atoms with Gasteiger partial charge in [-0.3, -0.25) is 9.78 Å². The maximum Gasteiger partial charge on any atom is 0.308 e. The van der Waals surface area contributed by atoms with Crippen LogP contribution < -0.4 is 9.47 Å². The Labute approximate surface area is 179 Å². The number of methoxy groups -OCH3 is 3. The Morgan fingerprint density at radius 3 is 2.77 bits per heavy atom. The number of halogens is 1. The van der Waals surface area contributed by atoms with Crippen molar-refractivity contribution in [1.82, 2.24) is 9.55 Å². The van der Waals surface area contributed by atoms with E-state index in [2.05, 4.69) is 4.98 Å². The Kier molecular flexibility index (Phi) is 5.65. The molecule has 0 spiro atoms. The van der Waals surface area contributed by atoms with Crippen LogP contribution >= 0.6 is 11.6 Å². The molecule has 3 aromatic rings. The van der Waals surface area contributed by atoms with Crippen LogP contribution in [0.2, 0.25) is 5.02 Å². The van der Waals surface area contributed by atoms with E-state index < -0.39 is 12.2 Å². The van der Waals surface area contributed by atoms with Gasteiger partial charge in [0.25, 0.3) is 0 Å². The van der Waals surface area contributed by atoms with Gasteiger partial charge < -0.3 is 23.5 Å². The summed E-state index contributed by atoms with van der Waals surface area (Å²) in [4.78, 5) is 16.7. The molecule has 0 aliphatic carbocycles. The number of esters is 1. The molecule has 156 valence electrons. The molecular formula is C22H21ClN2O5. The summed E-state index contributed by atoms with van der Waals surface area (Å²) in [7, 11) is 4.47. The van der Waals surface area contributed by atoms with Gasteiger partial charge in [0.2, 0.25) is 0 Å². The Balaban J connectivity index is 1.93. The molecule has 8 heteroatoms. The SMILES string of the molecule is COC(=O)C[C@H]1O[C@H](c2nccc(OC)c2OC)c2cc(Cl)ccc2-n2cccc21. The van der Waals surface area contributed by atoms with E-state index in [-0.39, 0.29) is 12.4 Å². The molecule has 3 heterocycles. The monoisotopic (exact) mass is 428 g/mol. The average Bonchev–Trinajstić information content (AvgIpc) is 3.21. The zero-order valence-electron chi connectivity index (χ0n) is 16.8. The smallest absolute Gasteiger partial charge is 0.308 e. The number of carbonyl (C=O) groups is 1. The van der Waals surface area contributed by atoms with Gasteiger partial charge in [-0.2, -0.15) is 0 Å². The number of ether oxygens (including phenoxy) is 4. The molecule has 0 bridgehead atoms. The van der Waals surface area contributed by atoms with Crippen LogP contribution in [-0.2, 0) is 14.3 Å². The van der Waals surface area contributed by atoms with Crippen LogP contribution in [0, 0.1) is 0 Å². The van der Waals surface area contributed by atoms with Crippen molar-refractivity contribution in [3.05, 3.63) is 70.8 Å². The molecular weight excluding hydrogens is 408 g/mol. The number of hydrogen-bond acceptors (Lipinski definition) is 6. The lowest BCUT2D eigenvalue weighted by Crippen LogP contribution is -2.16. The maximum absolute atomic E-state index is 12.1. The highest BCUT2D eigenvalue weighted by Crippen LogP contribution is 2.45. The Hall–Kier alpha value is -3.03. The van der Waals surface area contributed by atoms with E-state index in [0.717, 1.165) is 16.9 Å². The van der Waals surface area contributed by atoms with Gasteiger partial charge in [-0.1, -0.05) is 11.6 Å². The minimum atomic E-state index is -0.654. The first-order valence-corrected chi connectivity index (χ1v) is 9.71. The molecule has 30 heavy (non-hydrogen) atoms. The Morgan fingerprint density at radius 1 is 1.20 bits per heavy atom. The first-order valence-electron chi connectivity index (χ1n) is 9.33. The lowest BCUT2D eigenvalue weighted by molar-refractivity contribution is -0.145. The first kappa shape index (κ1) is 20.3. The minimum Gasteiger partial charge on any atom is -0.493 e. The second-order valence-electron chi connectivity index (χ2n) is 6.72. The lowest BCUT2D eigenvalue weighted by Gasteiger charge is -2.24. The standard InChI is InChI=1S/C22H21ClN2O5/c1-27-17-8-9-24-20(22(17)29-3)21-14-11-13(23)6-7-15(14)25-10-4-5-16(25)18(30-21)12-19(26)28-2/h4-11,18,21H,12H2,1-3H3/t18-,21+/m1/s1. The molecule has 2 aromatic heterocycles. The molecule has 0 amide bonds. The summed E-state index contributed by atoms with van der Waals surface area (Å²) in [6, 6.07) is 11.1.